The fourth-order valence-electron chi connectivity index (χ4n) is 3.59. The van der Waals surface area contributed by atoms with E-state index in [2.05, 4.69) is 28.0 Å². The number of hydrogen-bond donors (Lipinski definition) is 1. The van der Waals surface area contributed by atoms with Gasteiger partial charge in [-0.1, -0.05) is 19.8 Å². The summed E-state index contributed by atoms with van der Waals surface area (Å²) in [6.45, 7) is 4.15. The van der Waals surface area contributed by atoms with Crippen LogP contribution >= 0.6 is 15.9 Å². The van der Waals surface area contributed by atoms with E-state index in [1.807, 2.05) is 18.7 Å². The van der Waals surface area contributed by atoms with Crippen molar-refractivity contribution in [3.8, 4) is 0 Å². The average molecular weight is 357 g/mol. The summed E-state index contributed by atoms with van der Waals surface area (Å²) in [5.74, 6) is 0.0578. The molecular weight excluding hydrogens is 332 g/mol. The van der Waals surface area contributed by atoms with Crippen LogP contribution in [0.2, 0.25) is 0 Å². The Labute approximate surface area is 135 Å². The first kappa shape index (κ1) is 16.5. The summed E-state index contributed by atoms with van der Waals surface area (Å²) in [7, 11) is 1.89. The lowest BCUT2D eigenvalue weighted by atomic mass is 9.67. The third kappa shape index (κ3) is 3.33. The van der Waals surface area contributed by atoms with Crippen LogP contribution < -0.4 is 0 Å². The zero-order valence-electron chi connectivity index (χ0n) is 13.2. The summed E-state index contributed by atoms with van der Waals surface area (Å²) in [5.41, 5.74) is 1.31. The average Bonchev–Trinajstić information content (AvgIpc) is 2.67. The normalized spacial score (nSPS) is 26.0. The number of nitrogens with zero attached hydrogens (tertiary/aromatic N) is 2. The largest absolute Gasteiger partial charge is 0.481 e. The molecule has 5 heteroatoms. The maximum absolute atomic E-state index is 11.9. The van der Waals surface area contributed by atoms with Gasteiger partial charge in [0, 0.05) is 13.5 Å². The Morgan fingerprint density at radius 3 is 2.52 bits per heavy atom. The Kier molecular flexibility index (Phi) is 5.12. The van der Waals surface area contributed by atoms with Crippen molar-refractivity contribution < 1.29 is 9.90 Å². The van der Waals surface area contributed by atoms with Gasteiger partial charge in [-0.2, -0.15) is 5.10 Å². The van der Waals surface area contributed by atoms with E-state index < -0.39 is 11.4 Å². The molecule has 0 saturated heterocycles. The third-order valence-corrected chi connectivity index (χ3v) is 6.01. The van der Waals surface area contributed by atoms with Gasteiger partial charge < -0.3 is 5.11 Å². The number of aromatic nitrogens is 2. The van der Waals surface area contributed by atoms with Gasteiger partial charge in [-0.05, 0) is 54.5 Å². The van der Waals surface area contributed by atoms with E-state index in [-0.39, 0.29) is 0 Å². The fourth-order valence-corrected chi connectivity index (χ4v) is 4.06. The summed E-state index contributed by atoms with van der Waals surface area (Å²) in [5, 5.41) is 14.2. The number of hydrogen-bond acceptors (Lipinski definition) is 2. The van der Waals surface area contributed by atoms with E-state index in [1.165, 1.54) is 12.8 Å². The molecule has 0 amide bonds. The molecule has 1 aromatic heterocycles. The number of aliphatic carboxylic acids is 1. The molecule has 0 unspecified atom stereocenters. The van der Waals surface area contributed by atoms with Crippen LogP contribution in [-0.4, -0.2) is 20.9 Å². The monoisotopic (exact) mass is 356 g/mol. The van der Waals surface area contributed by atoms with Crippen LogP contribution in [0, 0.1) is 18.3 Å². The van der Waals surface area contributed by atoms with Crippen molar-refractivity contribution in [2.45, 2.75) is 58.8 Å². The van der Waals surface area contributed by atoms with Crippen molar-refractivity contribution in [1.82, 2.24) is 9.78 Å². The van der Waals surface area contributed by atoms with Gasteiger partial charge in [-0.3, -0.25) is 9.48 Å². The molecule has 0 atom stereocenters. The number of carboxylic acid groups (broad SMARTS) is 1. The topological polar surface area (TPSA) is 55.1 Å². The predicted molar refractivity (Wildman–Crippen MR) is 86.3 cm³/mol. The Morgan fingerprint density at radius 2 is 2.10 bits per heavy atom. The maximum atomic E-state index is 11.9. The standard InChI is InChI=1S/C16H25BrN2O2/c1-4-5-12-6-8-16(9-7-12,15(20)21)10-13-14(17)11(2)18-19(13)3/h12H,4-10H2,1-3H3,(H,20,21). The molecule has 0 radical (unpaired) electrons. The smallest absolute Gasteiger partial charge is 0.310 e. The Balaban J connectivity index is 2.19. The van der Waals surface area contributed by atoms with Gasteiger partial charge in [0.15, 0.2) is 0 Å². The van der Waals surface area contributed by atoms with Crippen LogP contribution in [-0.2, 0) is 18.3 Å². The Bertz CT molecular complexity index is 517. The van der Waals surface area contributed by atoms with Crippen molar-refractivity contribution >= 4 is 21.9 Å². The number of aryl methyl sites for hydroxylation is 2. The highest BCUT2D eigenvalue weighted by Crippen LogP contribution is 2.44. The highest BCUT2D eigenvalue weighted by atomic mass is 79.9. The van der Waals surface area contributed by atoms with Crippen LogP contribution in [0.15, 0.2) is 4.47 Å². The summed E-state index contributed by atoms with van der Waals surface area (Å²) in [6, 6.07) is 0. The molecular formula is C16H25BrN2O2. The number of carboxylic acids is 1. The van der Waals surface area contributed by atoms with Crippen molar-refractivity contribution in [1.29, 1.82) is 0 Å². The number of halogens is 1. The van der Waals surface area contributed by atoms with Crippen LogP contribution in [0.25, 0.3) is 0 Å². The molecule has 1 aromatic rings. The second-order valence-electron chi connectivity index (χ2n) is 6.46. The molecule has 1 saturated carbocycles. The molecule has 1 fully saturated rings. The molecule has 4 nitrogen and oxygen atoms in total. The number of carbonyl (C=O) groups is 1. The van der Waals surface area contributed by atoms with Crippen molar-refractivity contribution in [2.75, 3.05) is 0 Å². The molecule has 0 aromatic carbocycles. The zero-order chi connectivity index (χ0) is 15.6. The lowest BCUT2D eigenvalue weighted by Crippen LogP contribution is -2.38. The molecule has 21 heavy (non-hydrogen) atoms. The van der Waals surface area contributed by atoms with E-state index in [0.29, 0.717) is 12.3 Å². The van der Waals surface area contributed by atoms with Crippen molar-refractivity contribution in [3.63, 3.8) is 0 Å². The summed E-state index contributed by atoms with van der Waals surface area (Å²) >= 11 is 3.56. The van der Waals surface area contributed by atoms with Gasteiger partial charge in [0.25, 0.3) is 0 Å². The fraction of sp³-hybridized carbons (Fsp3) is 0.750. The predicted octanol–water partition coefficient (Wildman–Crippen LogP) is 4.09. The van der Waals surface area contributed by atoms with Gasteiger partial charge in [0.2, 0.25) is 0 Å². The van der Waals surface area contributed by atoms with Crippen LogP contribution in [0.5, 0.6) is 0 Å². The molecule has 1 aliphatic rings. The van der Waals surface area contributed by atoms with Crippen LogP contribution in [0.4, 0.5) is 0 Å². The molecule has 0 spiro atoms. The third-order valence-electron chi connectivity index (χ3n) is 4.98. The Hall–Kier alpha value is -0.840. The van der Waals surface area contributed by atoms with Gasteiger partial charge >= 0.3 is 5.97 Å². The van der Waals surface area contributed by atoms with Crippen molar-refractivity contribution in [3.05, 3.63) is 15.9 Å². The quantitative estimate of drug-likeness (QED) is 0.863. The first-order chi connectivity index (χ1) is 9.89. The minimum absolute atomic E-state index is 0.569. The summed E-state index contributed by atoms with van der Waals surface area (Å²) in [6.07, 6.45) is 6.62. The first-order valence-corrected chi connectivity index (χ1v) is 8.60. The SMILES string of the molecule is CCCC1CCC(Cc2c(Br)c(C)nn2C)(C(=O)O)CC1. The van der Waals surface area contributed by atoms with Gasteiger partial charge in [0.05, 0.1) is 21.3 Å². The second-order valence-corrected chi connectivity index (χ2v) is 7.26. The molecule has 0 bridgehead atoms. The second kappa shape index (κ2) is 6.51. The molecule has 1 N–H and O–H groups in total. The van der Waals surface area contributed by atoms with Crippen molar-refractivity contribution in [2.24, 2.45) is 18.4 Å². The molecule has 0 aliphatic heterocycles. The molecule has 1 aliphatic carbocycles. The lowest BCUT2D eigenvalue weighted by Gasteiger charge is -2.37. The highest BCUT2D eigenvalue weighted by molar-refractivity contribution is 9.10. The van der Waals surface area contributed by atoms with Gasteiger partial charge in [0.1, 0.15) is 0 Å². The molecule has 2 rings (SSSR count). The van der Waals surface area contributed by atoms with Crippen LogP contribution in [0.1, 0.15) is 56.8 Å². The van der Waals surface area contributed by atoms with E-state index in [9.17, 15) is 9.90 Å². The van der Waals surface area contributed by atoms with Gasteiger partial charge in [-0.25, -0.2) is 0 Å². The maximum Gasteiger partial charge on any atom is 0.310 e. The van der Waals surface area contributed by atoms with Crippen LogP contribution in [0.3, 0.4) is 0 Å². The van der Waals surface area contributed by atoms with E-state index in [0.717, 1.165) is 41.5 Å². The minimum Gasteiger partial charge on any atom is -0.481 e. The summed E-state index contributed by atoms with van der Waals surface area (Å²) in [4.78, 5) is 11.9. The number of rotatable bonds is 5. The summed E-state index contributed by atoms with van der Waals surface area (Å²) < 4.78 is 2.78. The van der Waals surface area contributed by atoms with E-state index >= 15 is 0 Å². The van der Waals surface area contributed by atoms with E-state index in [1.54, 1.807) is 0 Å². The van der Waals surface area contributed by atoms with Gasteiger partial charge in [-0.15, -0.1) is 0 Å². The molecule has 118 valence electrons. The van der Waals surface area contributed by atoms with E-state index in [4.69, 9.17) is 0 Å². The Morgan fingerprint density at radius 1 is 1.48 bits per heavy atom. The lowest BCUT2D eigenvalue weighted by molar-refractivity contribution is -0.151. The zero-order valence-corrected chi connectivity index (χ0v) is 14.7. The minimum atomic E-state index is -0.650. The first-order valence-electron chi connectivity index (χ1n) is 7.81. The molecule has 1 heterocycles. The highest BCUT2D eigenvalue weighted by Gasteiger charge is 2.43.